The van der Waals surface area contributed by atoms with Gasteiger partial charge in [-0.1, -0.05) is 6.07 Å². The summed E-state index contributed by atoms with van der Waals surface area (Å²) < 4.78 is 38.6. The van der Waals surface area contributed by atoms with Crippen LogP contribution in [0.4, 0.5) is 4.79 Å². The fourth-order valence-electron chi connectivity index (χ4n) is 2.55. The van der Waals surface area contributed by atoms with Gasteiger partial charge in [0.05, 0.1) is 50.6 Å². The maximum atomic E-state index is 12.6. The van der Waals surface area contributed by atoms with E-state index in [2.05, 4.69) is 0 Å². The van der Waals surface area contributed by atoms with E-state index in [0.717, 1.165) is 0 Å². The largest absolute Gasteiger partial charge is 0.496 e. The van der Waals surface area contributed by atoms with E-state index in [0.29, 0.717) is 34.1 Å². The lowest BCUT2D eigenvalue weighted by molar-refractivity contribution is 0.208. The van der Waals surface area contributed by atoms with Crippen LogP contribution in [-0.2, 0) is 16.6 Å². The normalized spacial score (nSPS) is 11.7. The van der Waals surface area contributed by atoms with E-state index < -0.39 is 16.9 Å². The molecule has 9 heteroatoms. The summed E-state index contributed by atoms with van der Waals surface area (Å²) in [4.78, 5) is 11.0. The van der Waals surface area contributed by atoms with Crippen LogP contribution in [0.1, 0.15) is 11.1 Å². The Labute approximate surface area is 171 Å². The maximum absolute atomic E-state index is 12.6. The van der Waals surface area contributed by atoms with Gasteiger partial charge in [-0.05, 0) is 23.8 Å². The van der Waals surface area contributed by atoms with Gasteiger partial charge < -0.3 is 29.4 Å². The number of methoxy groups -OCH3 is 4. The highest BCUT2D eigenvalue weighted by molar-refractivity contribution is 7.87. The molecule has 156 valence electrons. The van der Waals surface area contributed by atoms with Gasteiger partial charge in [0.1, 0.15) is 17.2 Å². The quantitative estimate of drug-likeness (QED) is 0.663. The first-order valence-electron chi connectivity index (χ1n) is 8.41. The molecule has 0 aliphatic heterocycles. The zero-order valence-electron chi connectivity index (χ0n) is 16.6. The fraction of sp³-hybridized carbons (Fsp3) is 0.250. The molecule has 2 N–H and O–H groups in total. The van der Waals surface area contributed by atoms with Crippen molar-refractivity contribution < 1.29 is 32.7 Å². The third-order valence-corrected chi connectivity index (χ3v) is 4.94. The van der Waals surface area contributed by atoms with Crippen LogP contribution in [0.5, 0.6) is 28.7 Å². The first-order valence-corrected chi connectivity index (χ1v) is 9.79. The second kappa shape index (κ2) is 10.4. The zero-order valence-corrected chi connectivity index (χ0v) is 17.4. The van der Waals surface area contributed by atoms with Crippen molar-refractivity contribution in [1.29, 1.82) is 0 Å². The Morgan fingerprint density at radius 3 is 2.07 bits per heavy atom. The molecule has 2 aromatic rings. The monoisotopic (exact) mass is 421 g/mol. The van der Waals surface area contributed by atoms with Crippen molar-refractivity contribution in [3.63, 3.8) is 0 Å². The molecule has 0 fully saturated rings. The van der Waals surface area contributed by atoms with E-state index in [4.69, 9.17) is 29.4 Å². The number of nitrogens with two attached hydrogens (primary N) is 1. The molecule has 2 aromatic carbocycles. The number of primary amides is 1. The van der Waals surface area contributed by atoms with Gasteiger partial charge >= 0.3 is 6.09 Å². The number of rotatable bonds is 9. The van der Waals surface area contributed by atoms with E-state index in [-0.39, 0.29) is 11.5 Å². The summed E-state index contributed by atoms with van der Waals surface area (Å²) in [6, 6.07) is 8.32. The van der Waals surface area contributed by atoms with Gasteiger partial charge in [0.25, 0.3) is 0 Å². The molecule has 0 spiro atoms. The Morgan fingerprint density at radius 2 is 1.55 bits per heavy atom. The maximum Gasteiger partial charge on any atom is 0.410 e. The summed E-state index contributed by atoms with van der Waals surface area (Å²) >= 11 is 0. The highest BCUT2D eigenvalue weighted by atomic mass is 32.2. The van der Waals surface area contributed by atoms with Gasteiger partial charge in [-0.25, -0.2) is 4.79 Å². The lowest BCUT2D eigenvalue weighted by Gasteiger charge is -2.12. The van der Waals surface area contributed by atoms with E-state index in [1.807, 2.05) is 0 Å². The predicted molar refractivity (Wildman–Crippen MR) is 110 cm³/mol. The molecule has 0 aromatic heterocycles. The van der Waals surface area contributed by atoms with Crippen LogP contribution in [0.15, 0.2) is 35.7 Å². The summed E-state index contributed by atoms with van der Waals surface area (Å²) in [5.74, 6) is 2.33. The van der Waals surface area contributed by atoms with Gasteiger partial charge in [0.2, 0.25) is 0 Å². The second-order valence-electron chi connectivity index (χ2n) is 5.68. The van der Waals surface area contributed by atoms with Crippen molar-refractivity contribution in [2.75, 3.05) is 28.4 Å². The Bertz CT molecular complexity index is 902. The molecule has 0 aliphatic carbocycles. The first-order chi connectivity index (χ1) is 13.9. The number of hydrogen-bond acceptors (Lipinski definition) is 7. The van der Waals surface area contributed by atoms with Gasteiger partial charge in [-0.2, -0.15) is 0 Å². The molecular formula is C20H23NO7S. The molecule has 0 radical (unpaired) electrons. The lowest BCUT2D eigenvalue weighted by Crippen LogP contribution is -2.16. The van der Waals surface area contributed by atoms with Gasteiger partial charge in [-0.15, -0.1) is 0 Å². The number of carbonyl (C=O) groups excluding carboxylic acids is 1. The van der Waals surface area contributed by atoms with Crippen LogP contribution >= 0.6 is 0 Å². The number of hydrogen-bond donors (Lipinski definition) is 1. The lowest BCUT2D eigenvalue weighted by atomic mass is 10.1. The molecule has 1 amide bonds. The topological polar surface area (TPSA) is 106 Å². The summed E-state index contributed by atoms with van der Waals surface area (Å²) in [6.07, 6.45) is 0.706. The Balaban J connectivity index is 2.23. The molecule has 2 rings (SSSR count). The van der Waals surface area contributed by atoms with Gasteiger partial charge in [0.15, 0.2) is 11.5 Å². The van der Waals surface area contributed by atoms with Crippen molar-refractivity contribution >= 4 is 23.0 Å². The highest BCUT2D eigenvalue weighted by Gasteiger charge is 2.12. The summed E-state index contributed by atoms with van der Waals surface area (Å²) in [7, 11) is 4.68. The standard InChI is InChI=1S/C20H23NO7S/c1-24-14-10-17(26-3)15(18(11-14)27-4)7-8-29(23)12-13-5-6-16(25-2)19(9-13)28-20(21)22/h5-11H,12H2,1-4H3,(H2,21,22). The SMILES string of the molecule is COc1cc(OC)c(C=CS(=O)Cc2ccc(OC)c(OC(N)=O)c2)c(OC)c1. The molecule has 0 saturated heterocycles. The molecule has 0 aliphatic rings. The molecule has 1 atom stereocenters. The fourth-order valence-corrected chi connectivity index (χ4v) is 3.44. The molecule has 1 unspecified atom stereocenters. The van der Waals surface area contributed by atoms with Crippen LogP contribution in [-0.4, -0.2) is 38.7 Å². The van der Waals surface area contributed by atoms with Gasteiger partial charge in [0, 0.05) is 17.5 Å². The summed E-state index contributed by atoms with van der Waals surface area (Å²) in [5.41, 5.74) is 6.38. The second-order valence-corrected chi connectivity index (χ2v) is 7.00. The van der Waals surface area contributed by atoms with E-state index in [1.165, 1.54) is 26.7 Å². The molecule has 0 heterocycles. The third kappa shape index (κ3) is 5.89. The Hall–Kier alpha value is -3.20. The summed E-state index contributed by atoms with van der Waals surface area (Å²) in [6.45, 7) is 0. The van der Waals surface area contributed by atoms with E-state index >= 15 is 0 Å². The van der Waals surface area contributed by atoms with Crippen LogP contribution in [0.25, 0.3) is 6.08 Å². The highest BCUT2D eigenvalue weighted by Crippen LogP contribution is 2.35. The van der Waals surface area contributed by atoms with Crippen LogP contribution in [0, 0.1) is 0 Å². The average Bonchev–Trinajstić information content (AvgIpc) is 2.71. The van der Waals surface area contributed by atoms with Crippen molar-refractivity contribution in [2.24, 2.45) is 5.73 Å². The first kappa shape index (κ1) is 22.1. The molecule has 0 saturated carbocycles. The number of benzene rings is 2. The number of ether oxygens (including phenoxy) is 5. The molecule has 8 nitrogen and oxygen atoms in total. The minimum atomic E-state index is -1.36. The summed E-state index contributed by atoms with van der Waals surface area (Å²) in [5, 5.41) is 1.53. The van der Waals surface area contributed by atoms with Crippen molar-refractivity contribution in [3.8, 4) is 28.7 Å². The molecule has 29 heavy (non-hydrogen) atoms. The zero-order chi connectivity index (χ0) is 21.4. The third-order valence-electron chi connectivity index (χ3n) is 3.89. The van der Waals surface area contributed by atoms with Crippen molar-refractivity contribution in [3.05, 3.63) is 46.9 Å². The Morgan fingerprint density at radius 1 is 0.931 bits per heavy atom. The van der Waals surface area contributed by atoms with Crippen LogP contribution in [0.2, 0.25) is 0 Å². The van der Waals surface area contributed by atoms with Crippen molar-refractivity contribution in [1.82, 2.24) is 0 Å². The minimum absolute atomic E-state index is 0.164. The smallest absolute Gasteiger partial charge is 0.410 e. The molecular weight excluding hydrogens is 398 g/mol. The van der Waals surface area contributed by atoms with Gasteiger partial charge in [-0.3, -0.25) is 4.21 Å². The van der Waals surface area contributed by atoms with Crippen LogP contribution in [0.3, 0.4) is 0 Å². The van der Waals surface area contributed by atoms with Crippen LogP contribution < -0.4 is 29.4 Å². The average molecular weight is 421 g/mol. The number of amides is 1. The predicted octanol–water partition coefficient (Wildman–Crippen LogP) is 3.10. The molecule has 0 bridgehead atoms. The minimum Gasteiger partial charge on any atom is -0.496 e. The Kier molecular flexibility index (Phi) is 7.90. The van der Waals surface area contributed by atoms with E-state index in [1.54, 1.807) is 43.5 Å². The van der Waals surface area contributed by atoms with E-state index in [9.17, 15) is 9.00 Å². The number of carbonyl (C=O) groups is 1. The van der Waals surface area contributed by atoms with Crippen molar-refractivity contribution in [2.45, 2.75) is 5.75 Å².